The second kappa shape index (κ2) is 16.1. The molecule has 0 unspecified atom stereocenters. The van der Waals surface area contributed by atoms with Gasteiger partial charge in [0.15, 0.2) is 0 Å². The number of aliphatic hydroxyl groups is 1. The van der Waals surface area contributed by atoms with E-state index in [1.807, 2.05) is 6.08 Å². The predicted octanol–water partition coefficient (Wildman–Crippen LogP) is 6.51. The van der Waals surface area contributed by atoms with Crippen LogP contribution >= 0.6 is 0 Å². The van der Waals surface area contributed by atoms with Crippen molar-refractivity contribution < 1.29 is 5.11 Å². The number of unbranched alkanes of at least 4 members (excludes halogenated alkanes) is 8. The number of aliphatic hydroxyl groups excluding tert-OH is 1. The number of rotatable bonds is 16. The van der Waals surface area contributed by atoms with E-state index in [4.69, 9.17) is 5.11 Å². The number of allylic oxidation sites excluding steroid dienone is 1. The molecule has 0 amide bonds. The average Bonchev–Trinajstić information content (AvgIpc) is 2.49. The Bertz CT molecular complexity index is 212. The molecular weight excluding hydrogens is 256 g/mol. The lowest BCUT2D eigenvalue weighted by Crippen LogP contribution is -2.02. The molecule has 1 heteroatoms. The van der Waals surface area contributed by atoms with E-state index in [0.717, 1.165) is 5.92 Å². The molecule has 0 rings (SSSR count). The van der Waals surface area contributed by atoms with Crippen LogP contribution in [0.2, 0.25) is 0 Å². The first-order valence-electron chi connectivity index (χ1n) is 9.42. The minimum Gasteiger partial charge on any atom is -0.396 e. The average molecular weight is 297 g/mol. The molecule has 0 fully saturated rings. The Morgan fingerprint density at radius 2 is 1.19 bits per heavy atom. The van der Waals surface area contributed by atoms with Crippen LogP contribution in [-0.2, 0) is 0 Å². The van der Waals surface area contributed by atoms with E-state index in [9.17, 15) is 0 Å². The molecule has 0 aromatic rings. The molecule has 0 spiro atoms. The molecule has 0 radical (unpaired) electrons. The Morgan fingerprint density at radius 1 is 0.714 bits per heavy atom. The molecule has 1 nitrogen and oxygen atoms in total. The highest BCUT2D eigenvalue weighted by Crippen LogP contribution is 2.19. The molecule has 0 saturated carbocycles. The van der Waals surface area contributed by atoms with Crippen molar-refractivity contribution in [1.82, 2.24) is 0 Å². The van der Waals surface area contributed by atoms with Crippen molar-refractivity contribution in [3.8, 4) is 0 Å². The highest BCUT2D eigenvalue weighted by Gasteiger charge is 2.04. The summed E-state index contributed by atoms with van der Waals surface area (Å²) in [7, 11) is 0. The van der Waals surface area contributed by atoms with Gasteiger partial charge in [-0.2, -0.15) is 0 Å². The molecule has 0 aliphatic carbocycles. The predicted molar refractivity (Wildman–Crippen MR) is 95.6 cm³/mol. The van der Waals surface area contributed by atoms with E-state index in [0.29, 0.717) is 12.5 Å². The maximum absolute atomic E-state index is 9.00. The SMILES string of the molecule is C=CCCCCCCCCCC[C@H](C)CCC[C@@H](C)CO. The summed E-state index contributed by atoms with van der Waals surface area (Å²) >= 11 is 0. The van der Waals surface area contributed by atoms with E-state index >= 15 is 0 Å². The van der Waals surface area contributed by atoms with Crippen molar-refractivity contribution in [1.29, 1.82) is 0 Å². The van der Waals surface area contributed by atoms with Crippen LogP contribution in [-0.4, -0.2) is 11.7 Å². The van der Waals surface area contributed by atoms with Gasteiger partial charge in [-0.3, -0.25) is 0 Å². The van der Waals surface area contributed by atoms with Gasteiger partial charge in [0, 0.05) is 6.61 Å². The van der Waals surface area contributed by atoms with Crippen molar-refractivity contribution in [3.63, 3.8) is 0 Å². The largest absolute Gasteiger partial charge is 0.396 e. The molecule has 0 saturated heterocycles. The zero-order valence-electron chi connectivity index (χ0n) is 14.8. The van der Waals surface area contributed by atoms with Crippen molar-refractivity contribution in [2.24, 2.45) is 11.8 Å². The van der Waals surface area contributed by atoms with Gasteiger partial charge in [-0.15, -0.1) is 6.58 Å². The molecule has 0 aliphatic heterocycles. The number of hydrogen-bond acceptors (Lipinski definition) is 1. The molecule has 0 aliphatic rings. The molecule has 0 bridgehead atoms. The second-order valence-electron chi connectivity index (χ2n) is 7.02. The maximum atomic E-state index is 9.00. The van der Waals surface area contributed by atoms with Crippen LogP contribution in [0.15, 0.2) is 12.7 Å². The maximum Gasteiger partial charge on any atom is 0.0456 e. The molecular formula is C20H40O. The third-order valence-electron chi connectivity index (χ3n) is 4.56. The van der Waals surface area contributed by atoms with Crippen LogP contribution in [0.3, 0.4) is 0 Å². The summed E-state index contributed by atoms with van der Waals surface area (Å²) in [6.07, 6.45) is 19.7. The van der Waals surface area contributed by atoms with E-state index in [1.165, 1.54) is 83.5 Å². The molecule has 21 heavy (non-hydrogen) atoms. The molecule has 0 aromatic heterocycles. The molecule has 1 N–H and O–H groups in total. The fourth-order valence-corrected chi connectivity index (χ4v) is 2.89. The third kappa shape index (κ3) is 15.9. The highest BCUT2D eigenvalue weighted by atomic mass is 16.3. The normalized spacial score (nSPS) is 14.0. The topological polar surface area (TPSA) is 20.2 Å². The summed E-state index contributed by atoms with van der Waals surface area (Å²) < 4.78 is 0. The summed E-state index contributed by atoms with van der Waals surface area (Å²) in [5.41, 5.74) is 0. The van der Waals surface area contributed by atoms with E-state index in [1.54, 1.807) is 0 Å². The first-order valence-corrected chi connectivity index (χ1v) is 9.42. The van der Waals surface area contributed by atoms with E-state index in [2.05, 4.69) is 20.4 Å². The molecule has 0 aromatic carbocycles. The Balaban J connectivity index is 3.17. The van der Waals surface area contributed by atoms with Crippen molar-refractivity contribution >= 4 is 0 Å². The van der Waals surface area contributed by atoms with Gasteiger partial charge in [0.05, 0.1) is 0 Å². The van der Waals surface area contributed by atoms with Gasteiger partial charge in [-0.1, -0.05) is 84.1 Å². The summed E-state index contributed by atoms with van der Waals surface area (Å²) in [4.78, 5) is 0. The number of hydrogen-bond donors (Lipinski definition) is 1. The summed E-state index contributed by atoms with van der Waals surface area (Å²) in [5.74, 6) is 1.36. The van der Waals surface area contributed by atoms with Crippen molar-refractivity contribution in [3.05, 3.63) is 12.7 Å². The van der Waals surface area contributed by atoms with E-state index < -0.39 is 0 Å². The summed E-state index contributed by atoms with van der Waals surface area (Å²) in [5, 5.41) is 9.00. The minimum absolute atomic E-state index is 0.349. The molecule has 2 atom stereocenters. The van der Waals surface area contributed by atoms with Gasteiger partial charge in [0.1, 0.15) is 0 Å². The van der Waals surface area contributed by atoms with Crippen LogP contribution in [0.1, 0.15) is 97.3 Å². The van der Waals surface area contributed by atoms with Gasteiger partial charge >= 0.3 is 0 Å². The lowest BCUT2D eigenvalue weighted by molar-refractivity contribution is 0.225. The molecule has 0 heterocycles. The van der Waals surface area contributed by atoms with Gasteiger partial charge in [-0.25, -0.2) is 0 Å². The second-order valence-corrected chi connectivity index (χ2v) is 7.02. The Labute approximate surface area is 134 Å². The first kappa shape index (κ1) is 20.7. The Hall–Kier alpha value is -0.300. The van der Waals surface area contributed by atoms with Crippen LogP contribution in [0, 0.1) is 11.8 Å². The zero-order valence-corrected chi connectivity index (χ0v) is 14.8. The van der Waals surface area contributed by atoms with Crippen LogP contribution in [0.25, 0.3) is 0 Å². The molecule has 126 valence electrons. The smallest absolute Gasteiger partial charge is 0.0456 e. The zero-order chi connectivity index (χ0) is 15.8. The van der Waals surface area contributed by atoms with E-state index in [-0.39, 0.29) is 0 Å². The quantitative estimate of drug-likeness (QED) is 0.254. The van der Waals surface area contributed by atoms with Crippen LogP contribution < -0.4 is 0 Å². The van der Waals surface area contributed by atoms with Crippen molar-refractivity contribution in [2.75, 3.05) is 6.61 Å². The lowest BCUT2D eigenvalue weighted by atomic mass is 9.94. The first-order chi connectivity index (χ1) is 10.2. The van der Waals surface area contributed by atoms with Crippen molar-refractivity contribution in [2.45, 2.75) is 97.3 Å². The minimum atomic E-state index is 0.349. The highest BCUT2D eigenvalue weighted by molar-refractivity contribution is 4.65. The fourth-order valence-electron chi connectivity index (χ4n) is 2.89. The monoisotopic (exact) mass is 296 g/mol. The summed E-state index contributed by atoms with van der Waals surface area (Å²) in [6.45, 7) is 8.64. The van der Waals surface area contributed by atoms with Gasteiger partial charge in [-0.05, 0) is 31.1 Å². The van der Waals surface area contributed by atoms with Gasteiger partial charge in [0.25, 0.3) is 0 Å². The lowest BCUT2D eigenvalue weighted by Gasteiger charge is -2.12. The van der Waals surface area contributed by atoms with Crippen LogP contribution in [0.5, 0.6) is 0 Å². The standard InChI is InChI=1S/C20H40O/c1-4-5-6-7-8-9-10-11-12-13-15-19(2)16-14-17-20(3)18-21/h4,19-21H,1,5-18H2,2-3H3/t19-,20+/m0/s1. The summed E-state index contributed by atoms with van der Waals surface area (Å²) in [6, 6.07) is 0. The Kier molecular flexibility index (Phi) is 15.8. The van der Waals surface area contributed by atoms with Gasteiger partial charge in [0.2, 0.25) is 0 Å². The van der Waals surface area contributed by atoms with Crippen LogP contribution in [0.4, 0.5) is 0 Å². The van der Waals surface area contributed by atoms with Gasteiger partial charge < -0.3 is 5.11 Å². The fraction of sp³-hybridized carbons (Fsp3) is 0.900. The third-order valence-corrected chi connectivity index (χ3v) is 4.56. The Morgan fingerprint density at radius 3 is 1.76 bits per heavy atom.